The van der Waals surface area contributed by atoms with Crippen molar-refractivity contribution >= 4 is 12.3 Å². The summed E-state index contributed by atoms with van der Waals surface area (Å²) in [6.07, 6.45) is 16.3. The second-order valence-corrected chi connectivity index (χ2v) is 16.5. The Morgan fingerprint density at radius 2 is 0.948 bits per heavy atom. The van der Waals surface area contributed by atoms with Crippen LogP contribution in [0.5, 0.6) is 0 Å². The van der Waals surface area contributed by atoms with Crippen molar-refractivity contribution in [3.63, 3.8) is 0 Å². The topological polar surface area (TPSA) is 71.1 Å². The van der Waals surface area contributed by atoms with Crippen LogP contribution in [0.4, 0.5) is 9.59 Å². The standard InChI is InChI=1S/C52H74O6/c1-31(21-19-23-49-29-55-51(53)57-49)37(7)43(13)45(15)39(9)33(3)25-27-35(5)41(11)47(17)48(18)42(12)36(6)28-26-34(4)40(10)46(16)44(14)38(8)32(2)22-20-24-50-30-56-52(54)58-50/h19,21-22,25-28,35,49-50H,20,23-24,29-30H2,1-18H3. The Labute approximate surface area is 352 Å². The van der Waals surface area contributed by atoms with Gasteiger partial charge in [-0.05, 0) is 220 Å². The minimum absolute atomic E-state index is 0.148. The average molecular weight is 795 g/mol. The zero-order chi connectivity index (χ0) is 44.0. The van der Waals surface area contributed by atoms with E-state index in [1.165, 1.54) is 94.7 Å². The molecule has 0 aromatic heterocycles. The van der Waals surface area contributed by atoms with Crippen LogP contribution in [0.2, 0.25) is 0 Å². The lowest BCUT2D eigenvalue weighted by Crippen LogP contribution is -2.08. The number of carbonyl (C=O) groups is 2. The van der Waals surface area contributed by atoms with Crippen molar-refractivity contribution in [1.29, 1.82) is 0 Å². The van der Waals surface area contributed by atoms with Crippen molar-refractivity contribution < 1.29 is 28.5 Å². The van der Waals surface area contributed by atoms with E-state index in [0.717, 1.165) is 12.8 Å². The first-order valence-electron chi connectivity index (χ1n) is 20.9. The van der Waals surface area contributed by atoms with Crippen LogP contribution in [0.3, 0.4) is 0 Å². The van der Waals surface area contributed by atoms with Crippen molar-refractivity contribution in [2.24, 2.45) is 5.92 Å². The molecule has 0 saturated carbocycles. The molecule has 58 heavy (non-hydrogen) atoms. The summed E-state index contributed by atoms with van der Waals surface area (Å²) in [7, 11) is 0. The fourth-order valence-corrected chi connectivity index (χ4v) is 6.73. The zero-order valence-electron chi connectivity index (χ0n) is 39.3. The maximum Gasteiger partial charge on any atom is 0.508 e. The third-order valence-electron chi connectivity index (χ3n) is 13.0. The largest absolute Gasteiger partial charge is 0.508 e. The van der Waals surface area contributed by atoms with Crippen LogP contribution in [0, 0.1) is 5.92 Å². The van der Waals surface area contributed by atoms with Crippen LogP contribution in [0.25, 0.3) is 0 Å². The predicted octanol–water partition coefficient (Wildman–Crippen LogP) is 15.2. The van der Waals surface area contributed by atoms with Crippen molar-refractivity contribution in [3.05, 3.63) is 137 Å². The first kappa shape index (κ1) is 49.6. The van der Waals surface area contributed by atoms with Gasteiger partial charge < -0.3 is 18.9 Å². The normalized spacial score (nSPS) is 21.9. The number of allylic oxidation sites excluding steroid dienone is 23. The van der Waals surface area contributed by atoms with Crippen molar-refractivity contribution in [3.8, 4) is 0 Å². The van der Waals surface area contributed by atoms with Gasteiger partial charge in [0.25, 0.3) is 0 Å². The Morgan fingerprint density at radius 3 is 1.41 bits per heavy atom. The van der Waals surface area contributed by atoms with E-state index >= 15 is 0 Å². The number of hydrogen-bond acceptors (Lipinski definition) is 6. The number of cyclic esters (lactones) is 4. The molecule has 2 saturated heterocycles. The third-order valence-corrected chi connectivity index (χ3v) is 13.0. The van der Waals surface area contributed by atoms with Gasteiger partial charge in [0.15, 0.2) is 0 Å². The molecule has 3 unspecified atom stereocenters. The van der Waals surface area contributed by atoms with Crippen LogP contribution in [-0.4, -0.2) is 37.7 Å². The number of hydrogen-bond donors (Lipinski definition) is 0. The van der Waals surface area contributed by atoms with Crippen LogP contribution < -0.4 is 0 Å². The van der Waals surface area contributed by atoms with Gasteiger partial charge in [0.05, 0.1) is 0 Å². The molecule has 3 atom stereocenters. The molecule has 2 fully saturated rings. The Balaban J connectivity index is 2.21. The van der Waals surface area contributed by atoms with E-state index in [9.17, 15) is 9.59 Å². The molecule has 0 radical (unpaired) electrons. The molecule has 0 aromatic carbocycles. The molecule has 6 nitrogen and oxygen atoms in total. The second kappa shape index (κ2) is 23.1. The molecule has 2 rings (SSSR count). The number of ether oxygens (including phenoxy) is 4. The Bertz CT molecular complexity index is 1950. The zero-order valence-corrected chi connectivity index (χ0v) is 39.3. The summed E-state index contributed by atoms with van der Waals surface area (Å²) in [5.74, 6) is 0.288. The van der Waals surface area contributed by atoms with E-state index in [0.29, 0.717) is 19.6 Å². The van der Waals surface area contributed by atoms with Crippen molar-refractivity contribution in [2.45, 2.75) is 156 Å². The second-order valence-electron chi connectivity index (χ2n) is 16.5. The van der Waals surface area contributed by atoms with Gasteiger partial charge in [-0.1, -0.05) is 60.6 Å². The Morgan fingerprint density at radius 1 is 0.534 bits per heavy atom. The third kappa shape index (κ3) is 14.4. The monoisotopic (exact) mass is 795 g/mol. The van der Waals surface area contributed by atoms with Gasteiger partial charge in [0.2, 0.25) is 0 Å². The lowest BCUT2D eigenvalue weighted by Gasteiger charge is -2.17. The van der Waals surface area contributed by atoms with Gasteiger partial charge in [-0.2, -0.15) is 0 Å². The summed E-state index contributed by atoms with van der Waals surface area (Å²) < 4.78 is 20.1. The maximum absolute atomic E-state index is 11.2. The molecular formula is C52H74O6. The average Bonchev–Trinajstić information content (AvgIpc) is 3.83. The maximum atomic E-state index is 11.2. The van der Waals surface area contributed by atoms with E-state index < -0.39 is 12.3 Å². The minimum atomic E-state index is -0.579. The van der Waals surface area contributed by atoms with Gasteiger partial charge in [0.1, 0.15) is 25.4 Å². The molecule has 0 aliphatic carbocycles. The summed E-state index contributed by atoms with van der Waals surface area (Å²) in [6.45, 7) is 40.4. The van der Waals surface area contributed by atoms with E-state index in [1.807, 2.05) is 0 Å². The molecule has 2 aliphatic rings. The summed E-state index contributed by atoms with van der Waals surface area (Å²) in [6, 6.07) is 0. The molecule has 0 spiro atoms. The molecule has 0 bridgehead atoms. The first-order chi connectivity index (χ1) is 27.1. The lowest BCUT2D eigenvalue weighted by molar-refractivity contribution is 0.116. The van der Waals surface area contributed by atoms with Crippen LogP contribution in [0.15, 0.2) is 137 Å². The van der Waals surface area contributed by atoms with Crippen LogP contribution in [-0.2, 0) is 18.9 Å². The molecule has 0 aromatic rings. The predicted molar refractivity (Wildman–Crippen MR) is 244 cm³/mol. The van der Waals surface area contributed by atoms with E-state index in [1.54, 1.807) is 0 Å². The highest BCUT2D eigenvalue weighted by Gasteiger charge is 2.24. The smallest absolute Gasteiger partial charge is 0.430 e. The lowest BCUT2D eigenvalue weighted by atomic mass is 9.89. The number of rotatable bonds is 17. The van der Waals surface area contributed by atoms with Crippen molar-refractivity contribution in [1.82, 2.24) is 0 Å². The van der Waals surface area contributed by atoms with Gasteiger partial charge >= 0.3 is 12.3 Å². The number of carbonyl (C=O) groups excluding carboxylic acids is 2. The summed E-state index contributed by atoms with van der Waals surface area (Å²) in [5.41, 5.74) is 21.8. The molecular weight excluding hydrogens is 721 g/mol. The Kier molecular flexibility index (Phi) is 19.8. The summed E-state index contributed by atoms with van der Waals surface area (Å²) >= 11 is 0. The minimum Gasteiger partial charge on any atom is -0.430 e. The van der Waals surface area contributed by atoms with E-state index in [-0.39, 0.29) is 18.1 Å². The summed E-state index contributed by atoms with van der Waals surface area (Å²) in [4.78, 5) is 22.4. The first-order valence-corrected chi connectivity index (χ1v) is 20.9. The molecule has 0 N–H and O–H groups in total. The molecule has 2 heterocycles. The molecule has 0 amide bonds. The fourth-order valence-electron chi connectivity index (χ4n) is 6.73. The van der Waals surface area contributed by atoms with E-state index in [2.05, 4.69) is 167 Å². The van der Waals surface area contributed by atoms with Gasteiger partial charge in [-0.3, -0.25) is 0 Å². The highest BCUT2D eigenvalue weighted by molar-refractivity contribution is 5.62. The quantitative estimate of drug-likeness (QED) is 0.108. The van der Waals surface area contributed by atoms with Crippen molar-refractivity contribution in [2.75, 3.05) is 13.2 Å². The SMILES string of the molecule is CC(=CC=C(C)C(C)=C(C)C(C)=C(C)C(C)C=CC(C)=C(C)C(C)=C(C)C(C)=C(C)C=CCC1COC(=O)O1)C(C)=C(C)C(C)=C(C)C(C)=CCCC1COC(=O)O1. The van der Waals surface area contributed by atoms with Gasteiger partial charge in [-0.25, -0.2) is 9.59 Å². The van der Waals surface area contributed by atoms with Gasteiger partial charge in [0, 0.05) is 6.42 Å². The highest BCUT2D eigenvalue weighted by atomic mass is 16.8. The molecule has 318 valence electrons. The van der Waals surface area contributed by atoms with Crippen LogP contribution >= 0.6 is 0 Å². The highest BCUT2D eigenvalue weighted by Crippen LogP contribution is 2.30. The molecule has 2 aliphatic heterocycles. The van der Waals surface area contributed by atoms with E-state index in [4.69, 9.17) is 18.9 Å². The fraction of sp³-hybridized carbons (Fsp3) is 0.500. The molecule has 6 heteroatoms. The summed E-state index contributed by atoms with van der Waals surface area (Å²) in [5, 5.41) is 0. The van der Waals surface area contributed by atoms with Gasteiger partial charge in [-0.15, -0.1) is 0 Å². The Hall–Kier alpha value is -4.58. The van der Waals surface area contributed by atoms with Crippen LogP contribution in [0.1, 0.15) is 144 Å².